The zero-order valence-electron chi connectivity index (χ0n) is 13.0. The maximum absolute atomic E-state index is 12.5. The van der Waals surface area contributed by atoms with Crippen molar-refractivity contribution in [2.45, 2.75) is 45.3 Å². The second-order valence-electron chi connectivity index (χ2n) is 6.09. The summed E-state index contributed by atoms with van der Waals surface area (Å²) in [4.78, 5) is 33.8. The minimum absolute atomic E-state index is 0.221. The summed E-state index contributed by atoms with van der Waals surface area (Å²) in [6.45, 7) is 5.29. The van der Waals surface area contributed by atoms with Crippen LogP contribution in [0.5, 0.6) is 0 Å². The largest absolute Gasteiger partial charge is 0.444 e. The number of anilines is 1. The molecule has 0 aliphatic carbocycles. The summed E-state index contributed by atoms with van der Waals surface area (Å²) >= 11 is 6.06. The highest BCUT2D eigenvalue weighted by Gasteiger charge is 2.32. The maximum atomic E-state index is 12.5. The molecule has 0 radical (unpaired) electrons. The molecule has 2 heterocycles. The SMILES string of the molecule is CN1C(=O)[C@@H](NC(=O)OC(C)(C)C)CCc2ncnc(Cl)c21. The number of ether oxygens (including phenoxy) is 1. The van der Waals surface area contributed by atoms with Gasteiger partial charge in [-0.05, 0) is 33.6 Å². The molecule has 120 valence electrons. The van der Waals surface area contributed by atoms with Crippen LogP contribution < -0.4 is 10.2 Å². The van der Waals surface area contributed by atoms with Gasteiger partial charge in [0, 0.05) is 7.05 Å². The van der Waals surface area contributed by atoms with Crippen LogP contribution in [-0.4, -0.2) is 40.7 Å². The van der Waals surface area contributed by atoms with Crippen LogP contribution in [0.15, 0.2) is 6.33 Å². The van der Waals surface area contributed by atoms with E-state index in [-0.39, 0.29) is 11.1 Å². The first-order valence-electron chi connectivity index (χ1n) is 6.95. The zero-order chi connectivity index (χ0) is 16.5. The predicted molar refractivity (Wildman–Crippen MR) is 81.9 cm³/mol. The van der Waals surface area contributed by atoms with Gasteiger partial charge in [0.25, 0.3) is 0 Å². The molecule has 1 aliphatic heterocycles. The molecule has 0 unspecified atom stereocenters. The Hall–Kier alpha value is -1.89. The molecule has 0 aromatic carbocycles. The summed E-state index contributed by atoms with van der Waals surface area (Å²) in [5.74, 6) is -0.277. The molecule has 7 nitrogen and oxygen atoms in total. The third-order valence-corrected chi connectivity index (χ3v) is 3.45. The normalized spacial score (nSPS) is 18.5. The number of likely N-dealkylation sites (N-methyl/N-ethyl adjacent to an activating group) is 1. The summed E-state index contributed by atoms with van der Waals surface area (Å²) in [5, 5.41) is 2.83. The fourth-order valence-corrected chi connectivity index (χ4v) is 2.52. The van der Waals surface area contributed by atoms with Crippen molar-refractivity contribution in [3.05, 3.63) is 17.2 Å². The van der Waals surface area contributed by atoms with E-state index in [1.165, 1.54) is 11.2 Å². The van der Waals surface area contributed by atoms with E-state index in [2.05, 4.69) is 15.3 Å². The van der Waals surface area contributed by atoms with Crippen LogP contribution in [-0.2, 0) is 16.0 Å². The molecule has 1 aromatic rings. The van der Waals surface area contributed by atoms with Crippen LogP contribution in [0.1, 0.15) is 32.9 Å². The molecule has 0 fully saturated rings. The lowest BCUT2D eigenvalue weighted by Gasteiger charge is -2.24. The second-order valence-corrected chi connectivity index (χ2v) is 6.45. The quantitative estimate of drug-likeness (QED) is 0.797. The third kappa shape index (κ3) is 3.65. The second kappa shape index (κ2) is 6.08. The highest BCUT2D eigenvalue weighted by Crippen LogP contribution is 2.30. The standard InChI is InChI=1S/C14H19ClN4O3/c1-14(2,3)22-13(21)18-9-6-5-8-10(19(4)12(9)20)11(15)17-7-16-8/h7,9H,5-6H2,1-4H3,(H,18,21)/t9-/m0/s1. The fraction of sp³-hybridized carbons (Fsp3) is 0.571. The van der Waals surface area contributed by atoms with E-state index in [9.17, 15) is 9.59 Å². The fourth-order valence-electron chi connectivity index (χ4n) is 2.24. The number of alkyl carbamates (subject to hydrolysis) is 1. The van der Waals surface area contributed by atoms with Crippen LogP contribution in [0.2, 0.25) is 5.15 Å². The molecule has 8 heteroatoms. The average molecular weight is 327 g/mol. The molecule has 2 amide bonds. The van der Waals surface area contributed by atoms with Crippen molar-refractivity contribution in [1.29, 1.82) is 0 Å². The molecule has 22 heavy (non-hydrogen) atoms. The van der Waals surface area contributed by atoms with Gasteiger partial charge in [-0.1, -0.05) is 11.6 Å². The molecular formula is C14H19ClN4O3. The minimum atomic E-state index is -0.690. The summed E-state index contributed by atoms with van der Waals surface area (Å²) in [5.41, 5.74) is 0.550. The molecule has 0 spiro atoms. The van der Waals surface area contributed by atoms with Gasteiger partial charge in [0.15, 0.2) is 5.15 Å². The Labute approximate surface area is 134 Å². The van der Waals surface area contributed by atoms with Gasteiger partial charge in [-0.2, -0.15) is 0 Å². The van der Waals surface area contributed by atoms with Crippen LogP contribution >= 0.6 is 11.6 Å². The van der Waals surface area contributed by atoms with E-state index >= 15 is 0 Å². The Kier molecular flexibility index (Phi) is 4.55. The van der Waals surface area contributed by atoms with Crippen molar-refractivity contribution in [3.63, 3.8) is 0 Å². The highest BCUT2D eigenvalue weighted by molar-refractivity contribution is 6.32. The average Bonchev–Trinajstić information content (AvgIpc) is 2.50. The minimum Gasteiger partial charge on any atom is -0.444 e. The number of nitrogens with zero attached hydrogens (tertiary/aromatic N) is 3. The maximum Gasteiger partial charge on any atom is 0.408 e. The number of halogens is 1. The van der Waals surface area contributed by atoms with Gasteiger partial charge in [-0.3, -0.25) is 4.79 Å². The van der Waals surface area contributed by atoms with Gasteiger partial charge in [-0.15, -0.1) is 0 Å². The molecule has 0 saturated carbocycles. The summed E-state index contributed by atoms with van der Waals surface area (Å²) < 4.78 is 5.19. The van der Waals surface area contributed by atoms with Gasteiger partial charge < -0.3 is 15.0 Å². The van der Waals surface area contributed by atoms with Gasteiger partial charge in [0.05, 0.1) is 5.69 Å². The van der Waals surface area contributed by atoms with Crippen molar-refractivity contribution in [2.24, 2.45) is 0 Å². The summed E-state index contributed by atoms with van der Waals surface area (Å²) in [6.07, 6.45) is 1.67. The van der Waals surface area contributed by atoms with E-state index in [1.807, 2.05) is 0 Å². The molecule has 2 rings (SSSR count). The predicted octanol–water partition coefficient (Wildman–Crippen LogP) is 1.93. The molecule has 0 bridgehead atoms. The number of fused-ring (bicyclic) bond motifs is 1. The number of aromatic nitrogens is 2. The molecular weight excluding hydrogens is 308 g/mol. The van der Waals surface area contributed by atoms with Crippen LogP contribution in [0, 0.1) is 0 Å². The number of aryl methyl sites for hydroxylation is 1. The van der Waals surface area contributed by atoms with E-state index < -0.39 is 17.7 Å². The first-order valence-corrected chi connectivity index (χ1v) is 7.33. The van der Waals surface area contributed by atoms with Crippen molar-refractivity contribution in [2.75, 3.05) is 11.9 Å². The van der Waals surface area contributed by atoms with E-state index in [4.69, 9.17) is 16.3 Å². The third-order valence-electron chi connectivity index (χ3n) is 3.18. The van der Waals surface area contributed by atoms with E-state index in [0.717, 1.165) is 0 Å². The van der Waals surface area contributed by atoms with Crippen molar-refractivity contribution in [3.8, 4) is 0 Å². The lowest BCUT2D eigenvalue weighted by Crippen LogP contribution is -2.48. The number of nitrogens with one attached hydrogen (secondary N) is 1. The molecule has 1 aromatic heterocycles. The zero-order valence-corrected chi connectivity index (χ0v) is 13.8. The number of amides is 2. The van der Waals surface area contributed by atoms with E-state index in [1.54, 1.807) is 27.8 Å². The summed E-state index contributed by atoms with van der Waals surface area (Å²) in [7, 11) is 1.59. The smallest absolute Gasteiger partial charge is 0.408 e. The molecule has 1 N–H and O–H groups in total. The first-order chi connectivity index (χ1) is 10.2. The lowest BCUT2D eigenvalue weighted by atomic mass is 10.1. The molecule has 1 atom stereocenters. The summed E-state index contributed by atoms with van der Waals surface area (Å²) in [6, 6.07) is -0.690. The van der Waals surface area contributed by atoms with Crippen molar-refractivity contribution in [1.82, 2.24) is 15.3 Å². The Bertz CT molecular complexity index is 600. The number of carbonyl (C=O) groups excluding carboxylic acids is 2. The number of hydrogen-bond acceptors (Lipinski definition) is 5. The van der Waals surface area contributed by atoms with Crippen LogP contribution in [0.4, 0.5) is 10.5 Å². The number of carbonyl (C=O) groups is 2. The Balaban J connectivity index is 2.17. The van der Waals surface area contributed by atoms with Crippen molar-refractivity contribution < 1.29 is 14.3 Å². The van der Waals surface area contributed by atoms with Crippen LogP contribution in [0.3, 0.4) is 0 Å². The van der Waals surface area contributed by atoms with Gasteiger partial charge in [-0.25, -0.2) is 14.8 Å². The Morgan fingerprint density at radius 2 is 2.14 bits per heavy atom. The topological polar surface area (TPSA) is 84.4 Å². The first kappa shape index (κ1) is 16.5. The van der Waals surface area contributed by atoms with E-state index in [0.29, 0.717) is 24.2 Å². The number of rotatable bonds is 1. The molecule has 1 aliphatic rings. The van der Waals surface area contributed by atoms with Gasteiger partial charge >= 0.3 is 6.09 Å². The highest BCUT2D eigenvalue weighted by atomic mass is 35.5. The van der Waals surface area contributed by atoms with Gasteiger partial charge in [0.2, 0.25) is 5.91 Å². The monoisotopic (exact) mass is 326 g/mol. The van der Waals surface area contributed by atoms with Crippen LogP contribution in [0.25, 0.3) is 0 Å². The van der Waals surface area contributed by atoms with Crippen molar-refractivity contribution >= 4 is 29.3 Å². The lowest BCUT2D eigenvalue weighted by molar-refractivity contribution is -0.120. The van der Waals surface area contributed by atoms with Gasteiger partial charge in [0.1, 0.15) is 23.7 Å². The molecule has 0 saturated heterocycles. The Morgan fingerprint density at radius 3 is 2.77 bits per heavy atom. The Morgan fingerprint density at radius 1 is 1.45 bits per heavy atom. The number of hydrogen-bond donors (Lipinski definition) is 1.